The van der Waals surface area contributed by atoms with E-state index in [1.807, 2.05) is 12.1 Å². The SMILES string of the molecule is C[C@H]1COc2cc(N3CCCC3)ccc2S(=O)(=O)N1. The van der Waals surface area contributed by atoms with Crippen LogP contribution in [0.15, 0.2) is 23.1 Å². The van der Waals surface area contributed by atoms with Crippen molar-refractivity contribution in [1.82, 2.24) is 4.72 Å². The largest absolute Gasteiger partial charge is 0.490 e. The van der Waals surface area contributed by atoms with Crippen molar-refractivity contribution in [2.75, 3.05) is 24.6 Å². The molecule has 1 saturated heterocycles. The number of hydrogen-bond acceptors (Lipinski definition) is 4. The van der Waals surface area contributed by atoms with E-state index < -0.39 is 10.0 Å². The van der Waals surface area contributed by atoms with Gasteiger partial charge in [0.25, 0.3) is 0 Å². The van der Waals surface area contributed by atoms with Gasteiger partial charge in [-0.05, 0) is 31.9 Å². The van der Waals surface area contributed by atoms with Gasteiger partial charge >= 0.3 is 0 Å². The van der Waals surface area contributed by atoms with Gasteiger partial charge in [0.1, 0.15) is 17.3 Å². The average Bonchev–Trinajstić information content (AvgIpc) is 2.85. The minimum Gasteiger partial charge on any atom is -0.490 e. The molecule has 5 nitrogen and oxygen atoms in total. The Balaban J connectivity index is 2.01. The fourth-order valence-electron chi connectivity index (χ4n) is 2.58. The molecule has 1 aromatic carbocycles. The van der Waals surface area contributed by atoms with Crippen molar-refractivity contribution >= 4 is 15.7 Å². The molecule has 2 heterocycles. The highest BCUT2D eigenvalue weighted by Crippen LogP contribution is 2.32. The molecule has 0 bridgehead atoms. The zero-order valence-electron chi connectivity index (χ0n) is 10.9. The van der Waals surface area contributed by atoms with Crippen molar-refractivity contribution in [2.24, 2.45) is 0 Å². The molecule has 2 aliphatic heterocycles. The molecule has 104 valence electrons. The van der Waals surface area contributed by atoms with Crippen molar-refractivity contribution in [3.8, 4) is 5.75 Å². The minimum absolute atomic E-state index is 0.215. The molecule has 0 unspecified atom stereocenters. The van der Waals surface area contributed by atoms with Gasteiger partial charge in [-0.25, -0.2) is 13.1 Å². The van der Waals surface area contributed by atoms with Crippen LogP contribution in [0.1, 0.15) is 19.8 Å². The third kappa shape index (κ3) is 2.42. The Morgan fingerprint density at radius 1 is 1.32 bits per heavy atom. The van der Waals surface area contributed by atoms with Gasteiger partial charge in [0.15, 0.2) is 0 Å². The number of anilines is 1. The van der Waals surface area contributed by atoms with E-state index in [0.717, 1.165) is 18.8 Å². The lowest BCUT2D eigenvalue weighted by molar-refractivity contribution is 0.288. The summed E-state index contributed by atoms with van der Waals surface area (Å²) in [5.41, 5.74) is 1.04. The Morgan fingerprint density at radius 3 is 2.79 bits per heavy atom. The summed E-state index contributed by atoms with van der Waals surface area (Å²) in [5, 5.41) is 0. The van der Waals surface area contributed by atoms with Gasteiger partial charge in [-0.3, -0.25) is 0 Å². The van der Waals surface area contributed by atoms with E-state index in [1.165, 1.54) is 12.8 Å². The van der Waals surface area contributed by atoms with Gasteiger partial charge in [-0.1, -0.05) is 0 Å². The summed E-state index contributed by atoms with van der Waals surface area (Å²) in [6, 6.07) is 5.14. The quantitative estimate of drug-likeness (QED) is 0.844. The first-order valence-corrected chi connectivity index (χ1v) is 8.09. The van der Waals surface area contributed by atoms with Crippen LogP contribution in [0.3, 0.4) is 0 Å². The van der Waals surface area contributed by atoms with E-state index >= 15 is 0 Å². The molecule has 1 N–H and O–H groups in total. The summed E-state index contributed by atoms with van der Waals surface area (Å²) in [6.45, 7) is 4.21. The van der Waals surface area contributed by atoms with Crippen LogP contribution in [0.5, 0.6) is 5.75 Å². The summed E-state index contributed by atoms with van der Waals surface area (Å²) in [6.07, 6.45) is 2.38. The summed E-state index contributed by atoms with van der Waals surface area (Å²) in [5.74, 6) is 0.459. The second kappa shape index (κ2) is 4.68. The van der Waals surface area contributed by atoms with Crippen LogP contribution in [-0.2, 0) is 10.0 Å². The Hall–Kier alpha value is -1.27. The first-order valence-electron chi connectivity index (χ1n) is 6.60. The van der Waals surface area contributed by atoms with Gasteiger partial charge < -0.3 is 9.64 Å². The van der Waals surface area contributed by atoms with Gasteiger partial charge in [-0.15, -0.1) is 0 Å². The molecule has 0 radical (unpaired) electrons. The fraction of sp³-hybridized carbons (Fsp3) is 0.538. The summed E-state index contributed by atoms with van der Waals surface area (Å²) < 4.78 is 32.5. The zero-order chi connectivity index (χ0) is 13.5. The number of sulfonamides is 1. The molecule has 1 fully saturated rings. The molecule has 0 aliphatic carbocycles. The number of hydrogen-bond donors (Lipinski definition) is 1. The second-order valence-electron chi connectivity index (χ2n) is 5.16. The Labute approximate surface area is 113 Å². The van der Waals surface area contributed by atoms with Gasteiger partial charge in [0.2, 0.25) is 10.0 Å². The van der Waals surface area contributed by atoms with E-state index in [9.17, 15) is 8.42 Å². The zero-order valence-corrected chi connectivity index (χ0v) is 11.7. The van der Waals surface area contributed by atoms with Gasteiger partial charge in [-0.2, -0.15) is 0 Å². The lowest BCUT2D eigenvalue weighted by Crippen LogP contribution is -2.33. The lowest BCUT2D eigenvalue weighted by atomic mass is 10.2. The monoisotopic (exact) mass is 282 g/mol. The maximum absolute atomic E-state index is 12.1. The molecule has 0 spiro atoms. The van der Waals surface area contributed by atoms with Crippen molar-refractivity contribution in [3.05, 3.63) is 18.2 Å². The normalized spacial score (nSPS) is 25.5. The van der Waals surface area contributed by atoms with Crippen molar-refractivity contribution in [2.45, 2.75) is 30.7 Å². The Bertz CT molecular complexity index is 580. The molecule has 0 saturated carbocycles. The predicted molar refractivity (Wildman–Crippen MR) is 73.2 cm³/mol. The fourth-order valence-corrected chi connectivity index (χ4v) is 3.94. The number of fused-ring (bicyclic) bond motifs is 1. The van der Waals surface area contributed by atoms with E-state index in [1.54, 1.807) is 13.0 Å². The second-order valence-corrected chi connectivity index (χ2v) is 6.84. The highest BCUT2D eigenvalue weighted by atomic mass is 32.2. The van der Waals surface area contributed by atoms with Crippen molar-refractivity contribution < 1.29 is 13.2 Å². The van der Waals surface area contributed by atoms with Crippen LogP contribution >= 0.6 is 0 Å². The molecular weight excluding hydrogens is 264 g/mol. The number of benzene rings is 1. The standard InChI is InChI=1S/C13H18N2O3S/c1-10-9-18-12-8-11(15-6-2-3-7-15)4-5-13(12)19(16,17)14-10/h4-5,8,10,14H,2-3,6-7,9H2,1H3/t10-/m0/s1. The number of ether oxygens (including phenoxy) is 1. The van der Waals surface area contributed by atoms with Crippen LogP contribution in [0.25, 0.3) is 0 Å². The third-order valence-electron chi connectivity index (χ3n) is 3.53. The third-order valence-corrected chi connectivity index (χ3v) is 5.16. The van der Waals surface area contributed by atoms with Crippen LogP contribution in [0, 0.1) is 0 Å². The molecule has 6 heteroatoms. The van der Waals surface area contributed by atoms with Gasteiger partial charge in [0.05, 0.1) is 6.04 Å². The first-order chi connectivity index (χ1) is 9.06. The molecule has 1 atom stereocenters. The molecule has 19 heavy (non-hydrogen) atoms. The smallest absolute Gasteiger partial charge is 0.244 e. The summed E-state index contributed by atoms with van der Waals surface area (Å²) in [4.78, 5) is 2.50. The van der Waals surface area contributed by atoms with Crippen LogP contribution in [0.4, 0.5) is 5.69 Å². The average molecular weight is 282 g/mol. The summed E-state index contributed by atoms with van der Waals surface area (Å²) >= 11 is 0. The van der Waals surface area contributed by atoms with Crippen LogP contribution in [-0.4, -0.2) is 34.2 Å². The number of nitrogens with zero attached hydrogens (tertiary/aromatic N) is 1. The van der Waals surface area contributed by atoms with Crippen LogP contribution in [0.2, 0.25) is 0 Å². The Morgan fingerprint density at radius 2 is 2.05 bits per heavy atom. The van der Waals surface area contributed by atoms with Crippen molar-refractivity contribution in [1.29, 1.82) is 0 Å². The molecule has 0 aromatic heterocycles. The maximum Gasteiger partial charge on any atom is 0.244 e. The highest BCUT2D eigenvalue weighted by molar-refractivity contribution is 7.89. The van der Waals surface area contributed by atoms with E-state index in [2.05, 4.69) is 9.62 Å². The minimum atomic E-state index is -3.46. The predicted octanol–water partition coefficient (Wildman–Crippen LogP) is 1.35. The highest BCUT2D eigenvalue weighted by Gasteiger charge is 2.27. The molecule has 2 aliphatic rings. The molecule has 1 aromatic rings. The van der Waals surface area contributed by atoms with E-state index in [0.29, 0.717) is 12.4 Å². The topological polar surface area (TPSA) is 58.6 Å². The van der Waals surface area contributed by atoms with Gasteiger partial charge in [0, 0.05) is 24.8 Å². The molecule has 0 amide bonds. The molecular formula is C13H18N2O3S. The number of rotatable bonds is 1. The lowest BCUT2D eigenvalue weighted by Gasteiger charge is -2.19. The van der Waals surface area contributed by atoms with Crippen LogP contribution < -0.4 is 14.4 Å². The maximum atomic E-state index is 12.1. The van der Waals surface area contributed by atoms with E-state index in [4.69, 9.17) is 4.74 Å². The number of nitrogens with one attached hydrogen (secondary N) is 1. The first kappa shape index (κ1) is 12.7. The molecule has 3 rings (SSSR count). The Kier molecular flexibility index (Phi) is 3.14. The summed E-state index contributed by atoms with van der Waals surface area (Å²) in [7, 11) is -3.46. The van der Waals surface area contributed by atoms with Crippen molar-refractivity contribution in [3.63, 3.8) is 0 Å². The van der Waals surface area contributed by atoms with E-state index in [-0.39, 0.29) is 10.9 Å².